The first-order chi connectivity index (χ1) is 8.67. The third-order valence-electron chi connectivity index (χ3n) is 3.26. The third kappa shape index (κ3) is 2.58. The molecule has 1 aromatic carbocycles. The minimum Gasteiger partial charge on any atom is -0.496 e. The molecule has 98 valence electrons. The quantitative estimate of drug-likeness (QED) is 0.868. The van der Waals surface area contributed by atoms with Crippen LogP contribution in [0.25, 0.3) is 0 Å². The Balaban J connectivity index is 2.11. The first-order valence-electron chi connectivity index (χ1n) is 6.15. The van der Waals surface area contributed by atoms with Gasteiger partial charge in [-0.1, -0.05) is 0 Å². The van der Waals surface area contributed by atoms with Gasteiger partial charge in [-0.15, -0.1) is 0 Å². The zero-order chi connectivity index (χ0) is 13.1. The van der Waals surface area contributed by atoms with Crippen LogP contribution in [0.15, 0.2) is 12.1 Å². The van der Waals surface area contributed by atoms with Gasteiger partial charge in [-0.25, -0.2) is 0 Å². The molecule has 0 bridgehead atoms. The molecule has 1 amide bonds. The lowest BCUT2D eigenvalue weighted by atomic mass is 10.1. The molecule has 1 aromatic rings. The number of rotatable bonds is 5. The Morgan fingerprint density at radius 2 is 2.06 bits per heavy atom. The van der Waals surface area contributed by atoms with Crippen molar-refractivity contribution >= 4 is 5.91 Å². The normalized spacial score (nSPS) is 14.2. The Kier molecular flexibility index (Phi) is 3.75. The van der Waals surface area contributed by atoms with Gasteiger partial charge in [0.05, 0.1) is 14.2 Å². The van der Waals surface area contributed by atoms with Crippen LogP contribution in [0.2, 0.25) is 0 Å². The number of hydrogen-bond donors (Lipinski definition) is 1. The highest BCUT2D eigenvalue weighted by atomic mass is 16.5. The van der Waals surface area contributed by atoms with Crippen LogP contribution in [0.3, 0.4) is 0 Å². The molecule has 0 atom stereocenters. The topological polar surface area (TPSA) is 47.6 Å². The maximum atomic E-state index is 11.6. The van der Waals surface area contributed by atoms with Gasteiger partial charge < -0.3 is 14.8 Å². The van der Waals surface area contributed by atoms with Gasteiger partial charge in [-0.3, -0.25) is 4.79 Å². The molecule has 1 saturated carbocycles. The standard InChI is InChI=1S/C14H19NO3/c1-9-12(17-2)7-6-11(13(9)18-3)8-15-14(16)10-4-5-10/h6-7,10H,4-5,8H2,1-3H3,(H,15,16). The number of hydrogen-bond acceptors (Lipinski definition) is 3. The summed E-state index contributed by atoms with van der Waals surface area (Å²) in [5.74, 6) is 1.95. The molecule has 18 heavy (non-hydrogen) atoms. The monoisotopic (exact) mass is 249 g/mol. The molecule has 0 spiro atoms. The van der Waals surface area contributed by atoms with Gasteiger partial charge in [-0.2, -0.15) is 0 Å². The second kappa shape index (κ2) is 5.29. The van der Waals surface area contributed by atoms with E-state index in [9.17, 15) is 4.79 Å². The number of methoxy groups -OCH3 is 2. The smallest absolute Gasteiger partial charge is 0.223 e. The van der Waals surface area contributed by atoms with E-state index in [-0.39, 0.29) is 11.8 Å². The number of carbonyl (C=O) groups is 1. The number of amides is 1. The highest BCUT2D eigenvalue weighted by Crippen LogP contribution is 2.32. The van der Waals surface area contributed by atoms with Gasteiger partial charge in [0.2, 0.25) is 5.91 Å². The Morgan fingerprint density at radius 1 is 1.33 bits per heavy atom. The lowest BCUT2D eigenvalue weighted by Crippen LogP contribution is -2.24. The summed E-state index contributed by atoms with van der Waals surface area (Å²) < 4.78 is 10.6. The summed E-state index contributed by atoms with van der Waals surface area (Å²) >= 11 is 0. The van der Waals surface area contributed by atoms with Crippen LogP contribution in [-0.4, -0.2) is 20.1 Å². The molecule has 2 rings (SSSR count). The van der Waals surface area contributed by atoms with Gasteiger partial charge in [0, 0.05) is 23.6 Å². The summed E-state index contributed by atoms with van der Waals surface area (Å²) in [7, 11) is 3.27. The summed E-state index contributed by atoms with van der Waals surface area (Å²) in [5.41, 5.74) is 1.93. The van der Waals surface area contributed by atoms with Crippen LogP contribution in [0.1, 0.15) is 24.0 Å². The van der Waals surface area contributed by atoms with Crippen LogP contribution in [0, 0.1) is 12.8 Å². The summed E-state index contributed by atoms with van der Waals surface area (Å²) in [4.78, 5) is 11.6. The molecule has 4 nitrogen and oxygen atoms in total. The van der Waals surface area contributed by atoms with Crippen LogP contribution < -0.4 is 14.8 Å². The van der Waals surface area contributed by atoms with Crippen molar-refractivity contribution in [2.75, 3.05) is 14.2 Å². The Morgan fingerprint density at radius 3 is 2.61 bits per heavy atom. The van der Waals surface area contributed by atoms with E-state index in [0.717, 1.165) is 35.5 Å². The minimum atomic E-state index is 0.144. The average Bonchev–Trinajstić information content (AvgIpc) is 3.20. The fourth-order valence-corrected chi connectivity index (χ4v) is 2.05. The van der Waals surface area contributed by atoms with Gasteiger partial charge >= 0.3 is 0 Å². The lowest BCUT2D eigenvalue weighted by molar-refractivity contribution is -0.122. The SMILES string of the molecule is COc1ccc(CNC(=O)C2CC2)c(OC)c1C. The summed E-state index contributed by atoms with van der Waals surface area (Å²) in [5, 5.41) is 2.94. The van der Waals surface area contributed by atoms with Crippen molar-refractivity contribution in [3.05, 3.63) is 23.3 Å². The van der Waals surface area contributed by atoms with Crippen molar-refractivity contribution in [3.8, 4) is 11.5 Å². The number of ether oxygens (including phenoxy) is 2. The third-order valence-corrected chi connectivity index (χ3v) is 3.26. The molecule has 0 saturated heterocycles. The van der Waals surface area contributed by atoms with E-state index in [1.807, 2.05) is 19.1 Å². The molecule has 0 unspecified atom stereocenters. The lowest BCUT2D eigenvalue weighted by Gasteiger charge is -2.14. The van der Waals surface area contributed by atoms with Gasteiger partial charge in [0.1, 0.15) is 11.5 Å². The summed E-state index contributed by atoms with van der Waals surface area (Å²) in [6.45, 7) is 2.45. The predicted octanol–water partition coefficient (Wildman–Crippen LogP) is 2.04. The number of carbonyl (C=O) groups excluding carboxylic acids is 1. The highest BCUT2D eigenvalue weighted by molar-refractivity contribution is 5.80. The van der Waals surface area contributed by atoms with E-state index in [1.54, 1.807) is 14.2 Å². The summed E-state index contributed by atoms with van der Waals surface area (Å²) in [6.07, 6.45) is 2.04. The van der Waals surface area contributed by atoms with E-state index in [1.165, 1.54) is 0 Å². The van der Waals surface area contributed by atoms with Crippen LogP contribution in [0.5, 0.6) is 11.5 Å². The van der Waals surface area contributed by atoms with E-state index in [2.05, 4.69) is 5.32 Å². The van der Waals surface area contributed by atoms with E-state index in [4.69, 9.17) is 9.47 Å². The first kappa shape index (κ1) is 12.7. The van der Waals surface area contributed by atoms with Crippen LogP contribution in [-0.2, 0) is 11.3 Å². The van der Waals surface area contributed by atoms with E-state index < -0.39 is 0 Å². The largest absolute Gasteiger partial charge is 0.496 e. The van der Waals surface area contributed by atoms with E-state index >= 15 is 0 Å². The van der Waals surface area contributed by atoms with Gasteiger partial charge in [-0.05, 0) is 31.9 Å². The van der Waals surface area contributed by atoms with Crippen molar-refractivity contribution in [3.63, 3.8) is 0 Å². The molecule has 1 aliphatic rings. The van der Waals surface area contributed by atoms with Gasteiger partial charge in [0.15, 0.2) is 0 Å². The molecular weight excluding hydrogens is 230 g/mol. The summed E-state index contributed by atoms with van der Waals surface area (Å²) in [6, 6.07) is 3.83. The van der Waals surface area contributed by atoms with Crippen molar-refractivity contribution in [1.29, 1.82) is 0 Å². The zero-order valence-corrected chi connectivity index (χ0v) is 11.1. The average molecular weight is 249 g/mol. The maximum Gasteiger partial charge on any atom is 0.223 e. The molecule has 1 aliphatic carbocycles. The maximum absolute atomic E-state index is 11.6. The van der Waals surface area contributed by atoms with Crippen LogP contribution >= 0.6 is 0 Å². The predicted molar refractivity (Wildman–Crippen MR) is 68.9 cm³/mol. The Labute approximate surface area is 107 Å². The zero-order valence-electron chi connectivity index (χ0n) is 11.1. The fraction of sp³-hybridized carbons (Fsp3) is 0.500. The second-order valence-electron chi connectivity index (χ2n) is 4.58. The second-order valence-corrected chi connectivity index (χ2v) is 4.58. The molecule has 1 N–H and O–H groups in total. The number of nitrogens with one attached hydrogen (secondary N) is 1. The van der Waals surface area contributed by atoms with Gasteiger partial charge in [0.25, 0.3) is 0 Å². The Bertz CT molecular complexity index is 453. The first-order valence-corrected chi connectivity index (χ1v) is 6.15. The molecule has 0 heterocycles. The van der Waals surface area contributed by atoms with E-state index in [0.29, 0.717) is 6.54 Å². The molecule has 0 aromatic heterocycles. The Hall–Kier alpha value is -1.71. The molecule has 0 aliphatic heterocycles. The number of benzene rings is 1. The fourth-order valence-electron chi connectivity index (χ4n) is 2.05. The van der Waals surface area contributed by atoms with Crippen molar-refractivity contribution in [1.82, 2.24) is 5.32 Å². The molecular formula is C14H19NO3. The van der Waals surface area contributed by atoms with Crippen LogP contribution in [0.4, 0.5) is 0 Å². The molecule has 0 radical (unpaired) electrons. The molecule has 1 fully saturated rings. The minimum absolute atomic E-state index is 0.144. The van der Waals surface area contributed by atoms with Crippen molar-refractivity contribution in [2.24, 2.45) is 5.92 Å². The van der Waals surface area contributed by atoms with Crippen molar-refractivity contribution in [2.45, 2.75) is 26.3 Å². The van der Waals surface area contributed by atoms with Crippen molar-refractivity contribution < 1.29 is 14.3 Å². The molecule has 4 heteroatoms. The highest BCUT2D eigenvalue weighted by Gasteiger charge is 2.29.